The first-order valence-corrected chi connectivity index (χ1v) is 9.25. The maximum Gasteiger partial charge on any atom is 0.323 e. The summed E-state index contributed by atoms with van der Waals surface area (Å²) < 4.78 is 5.70. The Morgan fingerprint density at radius 2 is 1.86 bits per heavy atom. The van der Waals surface area contributed by atoms with Crippen molar-refractivity contribution in [3.8, 4) is 5.75 Å². The van der Waals surface area contributed by atoms with Gasteiger partial charge in [0, 0.05) is 28.4 Å². The molecule has 0 atom stereocenters. The number of imidazole rings is 1. The number of anilines is 1. The van der Waals surface area contributed by atoms with E-state index < -0.39 is 0 Å². The summed E-state index contributed by atoms with van der Waals surface area (Å²) in [6.07, 6.45) is 0. The predicted octanol–water partition coefficient (Wildman–Crippen LogP) is 3.42. The van der Waals surface area contributed by atoms with E-state index in [-0.39, 0.29) is 23.7 Å². The van der Waals surface area contributed by atoms with Gasteiger partial charge in [0.1, 0.15) is 5.75 Å². The molecule has 8 heteroatoms. The number of aromatic amines is 2. The van der Waals surface area contributed by atoms with E-state index in [4.69, 9.17) is 16.3 Å². The van der Waals surface area contributed by atoms with Crippen molar-refractivity contribution in [2.24, 2.45) is 0 Å². The Labute approximate surface area is 167 Å². The van der Waals surface area contributed by atoms with E-state index in [0.717, 1.165) is 22.3 Å². The summed E-state index contributed by atoms with van der Waals surface area (Å²) in [6, 6.07) is 10.8. The summed E-state index contributed by atoms with van der Waals surface area (Å²) >= 11 is 6.12. The number of halogens is 1. The number of H-pyrrole nitrogens is 2. The van der Waals surface area contributed by atoms with Crippen LogP contribution in [0, 0.1) is 0 Å². The lowest BCUT2D eigenvalue weighted by atomic mass is 10.1. The molecule has 7 nitrogen and oxygen atoms in total. The van der Waals surface area contributed by atoms with Crippen LogP contribution in [-0.4, -0.2) is 28.0 Å². The minimum atomic E-state index is -0.317. The van der Waals surface area contributed by atoms with Crippen molar-refractivity contribution < 1.29 is 9.53 Å². The van der Waals surface area contributed by atoms with Crippen LogP contribution in [0.2, 0.25) is 5.02 Å². The molecule has 0 saturated carbocycles. The maximum atomic E-state index is 12.0. The first kappa shape index (κ1) is 19.8. The lowest BCUT2D eigenvalue weighted by Crippen LogP contribution is -2.43. The summed E-state index contributed by atoms with van der Waals surface area (Å²) in [5, 5.41) is 6.72. The number of fused-ring (bicyclic) bond motifs is 1. The molecule has 4 N–H and O–H groups in total. The van der Waals surface area contributed by atoms with Gasteiger partial charge in [-0.1, -0.05) is 11.6 Å². The summed E-state index contributed by atoms with van der Waals surface area (Å²) in [5.41, 5.74) is 2.55. The third-order valence-electron chi connectivity index (χ3n) is 3.89. The Morgan fingerprint density at radius 3 is 2.61 bits per heavy atom. The van der Waals surface area contributed by atoms with E-state index in [1.165, 1.54) is 0 Å². The van der Waals surface area contributed by atoms with Gasteiger partial charge in [-0.3, -0.25) is 4.79 Å². The number of hydrogen-bond acceptors (Lipinski definition) is 4. The van der Waals surface area contributed by atoms with Gasteiger partial charge in [0.2, 0.25) is 0 Å². The first-order chi connectivity index (χ1) is 13.2. The molecule has 0 radical (unpaired) electrons. The van der Waals surface area contributed by atoms with Crippen LogP contribution in [0.5, 0.6) is 5.75 Å². The number of amides is 1. The fourth-order valence-corrected chi connectivity index (χ4v) is 2.96. The van der Waals surface area contributed by atoms with Gasteiger partial charge in [0.15, 0.2) is 6.61 Å². The molecule has 0 aliphatic carbocycles. The first-order valence-electron chi connectivity index (χ1n) is 8.88. The van der Waals surface area contributed by atoms with Crippen molar-refractivity contribution in [3.63, 3.8) is 0 Å². The fraction of sp³-hybridized carbons (Fsp3) is 0.300. The molecule has 1 amide bonds. The molecule has 0 aliphatic heterocycles. The summed E-state index contributed by atoms with van der Waals surface area (Å²) in [6.45, 7) is 6.10. The van der Waals surface area contributed by atoms with E-state index in [0.29, 0.717) is 17.3 Å². The number of benzene rings is 2. The highest BCUT2D eigenvalue weighted by atomic mass is 35.5. The van der Waals surface area contributed by atoms with E-state index >= 15 is 0 Å². The van der Waals surface area contributed by atoms with Crippen LogP contribution in [0.1, 0.15) is 26.3 Å². The van der Waals surface area contributed by atoms with Crippen molar-refractivity contribution in [1.82, 2.24) is 15.3 Å². The van der Waals surface area contributed by atoms with Crippen LogP contribution in [-0.2, 0) is 11.3 Å². The van der Waals surface area contributed by atoms with Gasteiger partial charge in [0.25, 0.3) is 5.91 Å². The van der Waals surface area contributed by atoms with Crippen LogP contribution < -0.4 is 21.1 Å². The Hall–Kier alpha value is -2.93. The van der Waals surface area contributed by atoms with Crippen molar-refractivity contribution in [2.75, 3.05) is 11.9 Å². The number of carbonyl (C=O) groups is 1. The van der Waals surface area contributed by atoms with Gasteiger partial charge in [-0.05, 0) is 57.2 Å². The molecule has 0 spiro atoms. The van der Waals surface area contributed by atoms with Gasteiger partial charge in [0.05, 0.1) is 11.0 Å². The van der Waals surface area contributed by atoms with Crippen molar-refractivity contribution in [2.45, 2.75) is 32.9 Å². The van der Waals surface area contributed by atoms with Crippen LogP contribution in [0.15, 0.2) is 41.2 Å². The number of ether oxygens (including phenoxy) is 1. The molecule has 0 unspecified atom stereocenters. The molecule has 28 heavy (non-hydrogen) atoms. The second-order valence-corrected chi connectivity index (χ2v) is 7.97. The zero-order valence-corrected chi connectivity index (χ0v) is 16.7. The third kappa shape index (κ3) is 5.29. The lowest BCUT2D eigenvalue weighted by molar-refractivity contribution is -0.124. The summed E-state index contributed by atoms with van der Waals surface area (Å²) in [4.78, 5) is 28.8. The number of rotatable bonds is 6. The summed E-state index contributed by atoms with van der Waals surface area (Å²) in [7, 11) is 0. The maximum absolute atomic E-state index is 12.0. The number of carbonyl (C=O) groups excluding carboxylic acids is 1. The number of aromatic nitrogens is 2. The van der Waals surface area contributed by atoms with E-state index in [1.807, 2.05) is 39.0 Å². The van der Waals surface area contributed by atoms with Gasteiger partial charge in [-0.2, -0.15) is 0 Å². The smallest absolute Gasteiger partial charge is 0.323 e. The Kier molecular flexibility index (Phi) is 5.65. The SMILES string of the molecule is CC(C)(C)NC(=O)COc1ccc(Cl)cc1CNc1ccc2[nH]c(=O)[nH]c2c1. The Morgan fingerprint density at radius 1 is 1.11 bits per heavy atom. The Balaban J connectivity index is 1.69. The van der Waals surface area contributed by atoms with Crippen molar-refractivity contribution in [3.05, 3.63) is 57.5 Å². The normalized spacial score (nSPS) is 11.4. The van der Waals surface area contributed by atoms with Crippen LogP contribution in [0.4, 0.5) is 5.69 Å². The van der Waals surface area contributed by atoms with Gasteiger partial charge >= 0.3 is 5.69 Å². The highest BCUT2D eigenvalue weighted by Crippen LogP contribution is 2.24. The monoisotopic (exact) mass is 402 g/mol. The van der Waals surface area contributed by atoms with Crippen molar-refractivity contribution >= 4 is 34.2 Å². The highest BCUT2D eigenvalue weighted by molar-refractivity contribution is 6.30. The van der Waals surface area contributed by atoms with Crippen LogP contribution in [0.3, 0.4) is 0 Å². The zero-order valence-electron chi connectivity index (χ0n) is 16.0. The average Bonchev–Trinajstić information content (AvgIpc) is 2.96. The predicted molar refractivity (Wildman–Crippen MR) is 111 cm³/mol. The lowest BCUT2D eigenvalue weighted by Gasteiger charge is -2.21. The molecule has 1 heterocycles. The minimum absolute atomic E-state index is 0.0809. The van der Waals surface area contributed by atoms with E-state index in [1.54, 1.807) is 18.2 Å². The summed E-state index contributed by atoms with van der Waals surface area (Å²) in [5.74, 6) is 0.389. The number of nitrogens with one attached hydrogen (secondary N) is 4. The second-order valence-electron chi connectivity index (χ2n) is 7.53. The van der Waals surface area contributed by atoms with Gasteiger partial charge in [-0.25, -0.2) is 4.79 Å². The molecule has 0 saturated heterocycles. The molecule has 0 bridgehead atoms. The molecular weight excluding hydrogens is 380 g/mol. The molecule has 0 fully saturated rings. The fourth-order valence-electron chi connectivity index (χ4n) is 2.76. The zero-order chi connectivity index (χ0) is 20.3. The van der Waals surface area contributed by atoms with Crippen LogP contribution in [0.25, 0.3) is 11.0 Å². The molecule has 148 valence electrons. The molecular formula is C20H23ClN4O3. The highest BCUT2D eigenvalue weighted by Gasteiger charge is 2.15. The van der Waals surface area contributed by atoms with Crippen molar-refractivity contribution in [1.29, 1.82) is 0 Å². The second kappa shape index (κ2) is 7.98. The molecule has 1 aromatic heterocycles. The molecule has 3 rings (SSSR count). The largest absolute Gasteiger partial charge is 0.483 e. The van der Waals surface area contributed by atoms with Crippen LogP contribution >= 0.6 is 11.6 Å². The molecule has 3 aromatic rings. The van der Waals surface area contributed by atoms with Gasteiger partial charge in [-0.15, -0.1) is 0 Å². The standard InChI is InChI=1S/C20H23ClN4O3/c1-20(2,3)25-18(26)11-28-17-7-4-13(21)8-12(17)10-22-14-5-6-15-16(9-14)24-19(27)23-15/h4-9,22H,10-11H2,1-3H3,(H,25,26)(H2,23,24,27). The number of hydrogen-bond donors (Lipinski definition) is 4. The van der Waals surface area contributed by atoms with E-state index in [9.17, 15) is 9.59 Å². The molecule has 2 aromatic carbocycles. The average molecular weight is 403 g/mol. The van der Waals surface area contributed by atoms with Gasteiger partial charge < -0.3 is 25.3 Å². The minimum Gasteiger partial charge on any atom is -0.483 e. The third-order valence-corrected chi connectivity index (χ3v) is 4.13. The van der Waals surface area contributed by atoms with E-state index in [2.05, 4.69) is 20.6 Å². The topological polar surface area (TPSA) is 99.0 Å². The molecule has 0 aliphatic rings. The quantitative estimate of drug-likeness (QED) is 0.507. The Bertz CT molecular complexity index is 1050.